The van der Waals surface area contributed by atoms with Gasteiger partial charge in [0.05, 0.1) is 12.6 Å². The van der Waals surface area contributed by atoms with Crippen LogP contribution in [0.15, 0.2) is 42.5 Å². The average Bonchev–Trinajstić information content (AvgIpc) is 2.92. The molecule has 0 atom stereocenters. The Hall–Kier alpha value is -2.88. The summed E-state index contributed by atoms with van der Waals surface area (Å²) >= 11 is 0. The fourth-order valence-electron chi connectivity index (χ4n) is 3.28. The standard InChI is InChI=1S/C23H25NO3/c1-14(2)22(25)13-19-16(4)24(21-11-10-18(27-5)12-20(19)21)23(26)17-8-6-15(3)7-9-17/h6-12,14H,13H2,1-5H3. The van der Waals surface area contributed by atoms with Gasteiger partial charge in [0.15, 0.2) is 0 Å². The highest BCUT2D eigenvalue weighted by atomic mass is 16.5. The summed E-state index contributed by atoms with van der Waals surface area (Å²) in [5.74, 6) is 0.718. The molecule has 0 radical (unpaired) electrons. The van der Waals surface area contributed by atoms with E-state index in [2.05, 4.69) is 0 Å². The second-order valence-electron chi connectivity index (χ2n) is 7.25. The van der Waals surface area contributed by atoms with Crippen LogP contribution in [-0.4, -0.2) is 23.4 Å². The Labute approximate surface area is 159 Å². The van der Waals surface area contributed by atoms with Gasteiger partial charge in [0.1, 0.15) is 11.5 Å². The minimum Gasteiger partial charge on any atom is -0.497 e. The van der Waals surface area contributed by atoms with Crippen molar-refractivity contribution in [1.82, 2.24) is 4.57 Å². The highest BCUT2D eigenvalue weighted by Crippen LogP contribution is 2.31. The molecule has 0 aliphatic rings. The highest BCUT2D eigenvalue weighted by Gasteiger charge is 2.22. The fraction of sp³-hybridized carbons (Fsp3) is 0.304. The summed E-state index contributed by atoms with van der Waals surface area (Å²) in [5.41, 5.74) is 4.22. The molecule has 0 aliphatic carbocycles. The topological polar surface area (TPSA) is 48.3 Å². The van der Waals surface area contributed by atoms with Crippen LogP contribution in [0.1, 0.15) is 41.0 Å². The first-order chi connectivity index (χ1) is 12.8. The summed E-state index contributed by atoms with van der Waals surface area (Å²) in [4.78, 5) is 25.7. The van der Waals surface area contributed by atoms with Crippen molar-refractivity contribution in [3.05, 3.63) is 64.8 Å². The van der Waals surface area contributed by atoms with Crippen LogP contribution in [0.2, 0.25) is 0 Å². The quantitative estimate of drug-likeness (QED) is 0.659. The van der Waals surface area contributed by atoms with Crippen molar-refractivity contribution >= 4 is 22.6 Å². The molecule has 0 saturated carbocycles. The Bertz CT molecular complexity index is 1010. The molecule has 0 saturated heterocycles. The van der Waals surface area contributed by atoms with Crippen molar-refractivity contribution in [2.45, 2.75) is 34.1 Å². The number of carbonyl (C=O) groups excluding carboxylic acids is 2. The largest absolute Gasteiger partial charge is 0.497 e. The summed E-state index contributed by atoms with van der Waals surface area (Å²) in [6.45, 7) is 7.69. The molecule has 4 nitrogen and oxygen atoms in total. The number of nitrogens with zero attached hydrogens (tertiary/aromatic N) is 1. The number of rotatable bonds is 5. The molecule has 4 heteroatoms. The van der Waals surface area contributed by atoms with Crippen LogP contribution in [-0.2, 0) is 11.2 Å². The van der Waals surface area contributed by atoms with Crippen molar-refractivity contribution in [1.29, 1.82) is 0 Å². The molecule has 0 unspecified atom stereocenters. The van der Waals surface area contributed by atoms with Crippen molar-refractivity contribution in [3.63, 3.8) is 0 Å². The molecule has 140 valence electrons. The van der Waals surface area contributed by atoms with Gasteiger partial charge in [-0.2, -0.15) is 0 Å². The molecular formula is C23H25NO3. The number of benzene rings is 2. The summed E-state index contributed by atoms with van der Waals surface area (Å²) in [6.07, 6.45) is 0.307. The van der Waals surface area contributed by atoms with Crippen LogP contribution in [0.3, 0.4) is 0 Å². The van der Waals surface area contributed by atoms with Crippen LogP contribution in [0.4, 0.5) is 0 Å². The molecule has 3 aromatic rings. The van der Waals surface area contributed by atoms with E-state index in [1.54, 1.807) is 11.7 Å². The molecule has 0 amide bonds. The van der Waals surface area contributed by atoms with E-state index in [1.807, 2.05) is 70.2 Å². The number of hydrogen-bond donors (Lipinski definition) is 0. The SMILES string of the molecule is COc1ccc2c(c1)c(CC(=O)C(C)C)c(C)n2C(=O)c1ccc(C)cc1. The van der Waals surface area contributed by atoms with E-state index in [9.17, 15) is 9.59 Å². The lowest BCUT2D eigenvalue weighted by Crippen LogP contribution is -2.15. The van der Waals surface area contributed by atoms with Gasteiger partial charge in [-0.25, -0.2) is 0 Å². The van der Waals surface area contributed by atoms with Crippen LogP contribution in [0, 0.1) is 19.8 Å². The first kappa shape index (κ1) is 18.9. The Balaban J connectivity index is 2.20. The number of aryl methyl sites for hydroxylation is 1. The van der Waals surface area contributed by atoms with Gasteiger partial charge in [0.2, 0.25) is 0 Å². The van der Waals surface area contributed by atoms with Gasteiger partial charge in [0, 0.05) is 29.0 Å². The summed E-state index contributed by atoms with van der Waals surface area (Å²) < 4.78 is 7.07. The van der Waals surface area contributed by atoms with Gasteiger partial charge in [-0.3, -0.25) is 14.2 Å². The van der Waals surface area contributed by atoms with E-state index in [4.69, 9.17) is 4.74 Å². The Morgan fingerprint density at radius 2 is 1.70 bits per heavy atom. The maximum atomic E-state index is 13.2. The molecule has 0 N–H and O–H groups in total. The van der Waals surface area contributed by atoms with Crippen molar-refractivity contribution in [3.8, 4) is 5.75 Å². The Morgan fingerprint density at radius 3 is 2.30 bits per heavy atom. The third-order valence-electron chi connectivity index (χ3n) is 5.04. The smallest absolute Gasteiger partial charge is 0.262 e. The first-order valence-corrected chi connectivity index (χ1v) is 9.15. The van der Waals surface area contributed by atoms with Crippen LogP contribution >= 0.6 is 0 Å². The van der Waals surface area contributed by atoms with E-state index in [0.29, 0.717) is 17.7 Å². The second kappa shape index (κ2) is 7.39. The van der Waals surface area contributed by atoms with Gasteiger partial charge >= 0.3 is 0 Å². The van der Waals surface area contributed by atoms with Crippen LogP contribution < -0.4 is 4.74 Å². The molecule has 0 spiro atoms. The predicted molar refractivity (Wildman–Crippen MR) is 108 cm³/mol. The number of hydrogen-bond acceptors (Lipinski definition) is 3. The monoisotopic (exact) mass is 363 g/mol. The van der Waals surface area contributed by atoms with Crippen molar-refractivity contribution < 1.29 is 14.3 Å². The van der Waals surface area contributed by atoms with E-state index >= 15 is 0 Å². The number of Topliss-reactive ketones (excluding diaryl/α,β-unsaturated/α-hetero) is 1. The second-order valence-corrected chi connectivity index (χ2v) is 7.25. The lowest BCUT2D eigenvalue weighted by atomic mass is 9.99. The molecular weight excluding hydrogens is 338 g/mol. The first-order valence-electron chi connectivity index (χ1n) is 9.15. The van der Waals surface area contributed by atoms with Gasteiger partial charge in [-0.1, -0.05) is 31.5 Å². The minimum atomic E-state index is -0.0917. The highest BCUT2D eigenvalue weighted by molar-refractivity contribution is 6.05. The summed E-state index contributed by atoms with van der Waals surface area (Å²) in [5, 5.41) is 0.890. The average molecular weight is 363 g/mol. The van der Waals surface area contributed by atoms with Crippen molar-refractivity contribution in [2.75, 3.05) is 7.11 Å². The zero-order valence-electron chi connectivity index (χ0n) is 16.5. The molecule has 0 aliphatic heterocycles. The van der Waals surface area contributed by atoms with Crippen LogP contribution in [0.5, 0.6) is 5.75 Å². The lowest BCUT2D eigenvalue weighted by molar-refractivity contribution is -0.121. The van der Waals surface area contributed by atoms with Gasteiger partial charge in [0.25, 0.3) is 5.91 Å². The Morgan fingerprint density at radius 1 is 1.04 bits per heavy atom. The molecule has 1 aromatic heterocycles. The summed E-state index contributed by atoms with van der Waals surface area (Å²) in [6, 6.07) is 13.2. The normalized spacial score (nSPS) is 11.2. The van der Waals surface area contributed by atoms with E-state index < -0.39 is 0 Å². The maximum Gasteiger partial charge on any atom is 0.262 e. The Kier molecular flexibility index (Phi) is 5.17. The maximum absolute atomic E-state index is 13.2. The summed E-state index contributed by atoms with van der Waals surface area (Å²) in [7, 11) is 1.61. The molecule has 27 heavy (non-hydrogen) atoms. The third-order valence-corrected chi connectivity index (χ3v) is 5.04. The molecule has 1 heterocycles. The predicted octanol–water partition coefficient (Wildman–Crippen LogP) is 4.72. The fourth-order valence-corrected chi connectivity index (χ4v) is 3.28. The van der Waals surface area contributed by atoms with Gasteiger partial charge < -0.3 is 4.74 Å². The van der Waals surface area contributed by atoms with Gasteiger partial charge in [-0.15, -0.1) is 0 Å². The van der Waals surface area contributed by atoms with Gasteiger partial charge in [-0.05, 0) is 49.7 Å². The molecule has 2 aromatic carbocycles. The minimum absolute atomic E-state index is 0.0544. The third kappa shape index (κ3) is 3.52. The molecule has 0 bridgehead atoms. The number of methoxy groups -OCH3 is 1. The molecule has 0 fully saturated rings. The van der Waals surface area contributed by atoms with E-state index in [1.165, 1.54) is 0 Å². The van der Waals surface area contributed by atoms with E-state index in [-0.39, 0.29) is 17.6 Å². The number of fused-ring (bicyclic) bond motifs is 1. The number of ether oxygens (including phenoxy) is 1. The number of aromatic nitrogens is 1. The van der Waals surface area contributed by atoms with Crippen molar-refractivity contribution in [2.24, 2.45) is 5.92 Å². The zero-order chi connectivity index (χ0) is 19.7. The molecule has 3 rings (SSSR count). The number of ketones is 1. The number of carbonyl (C=O) groups is 2. The lowest BCUT2D eigenvalue weighted by Gasteiger charge is -2.08. The van der Waals surface area contributed by atoms with Crippen LogP contribution in [0.25, 0.3) is 10.9 Å². The zero-order valence-corrected chi connectivity index (χ0v) is 16.5. The van der Waals surface area contributed by atoms with E-state index in [0.717, 1.165) is 27.7 Å².